The first kappa shape index (κ1) is 10.2. The second-order valence-electron chi connectivity index (χ2n) is 4.60. The maximum atomic E-state index is 5.46. The lowest BCUT2D eigenvalue weighted by Gasteiger charge is -2.10. The fraction of sp³-hybridized carbons (Fsp3) is 0.636. The molecule has 0 fully saturated rings. The van der Waals surface area contributed by atoms with Gasteiger partial charge >= 0.3 is 0 Å². The number of hydrogen-bond acceptors (Lipinski definition) is 4. The number of fused-ring (bicyclic) bond motifs is 3. The second-order valence-corrected chi connectivity index (χ2v) is 5.64. The van der Waals surface area contributed by atoms with Crippen LogP contribution in [0.2, 0.25) is 0 Å². The van der Waals surface area contributed by atoms with Crippen LogP contribution in [0.1, 0.15) is 30.2 Å². The highest BCUT2D eigenvalue weighted by molar-refractivity contribution is 7.16. The van der Waals surface area contributed by atoms with Gasteiger partial charge in [-0.05, 0) is 5.92 Å². The Morgan fingerprint density at radius 3 is 3.19 bits per heavy atom. The summed E-state index contributed by atoms with van der Waals surface area (Å²) in [4.78, 5) is 5.64. The molecule has 3 rings (SSSR count). The van der Waals surface area contributed by atoms with Crippen molar-refractivity contribution in [1.29, 1.82) is 0 Å². The van der Waals surface area contributed by atoms with Crippen molar-refractivity contribution >= 4 is 16.3 Å². The van der Waals surface area contributed by atoms with Crippen LogP contribution in [0.25, 0.3) is 4.96 Å². The topological polar surface area (TPSA) is 39.4 Å². The van der Waals surface area contributed by atoms with Gasteiger partial charge in [0.25, 0.3) is 0 Å². The van der Waals surface area contributed by atoms with Crippen molar-refractivity contribution in [2.24, 2.45) is 5.92 Å². The van der Waals surface area contributed by atoms with E-state index in [0.717, 1.165) is 30.1 Å². The Bertz CT molecular complexity index is 514. The first-order valence-corrected chi connectivity index (χ1v) is 6.49. The quantitative estimate of drug-likeness (QED) is 0.802. The van der Waals surface area contributed by atoms with Gasteiger partial charge in [-0.1, -0.05) is 25.2 Å². The van der Waals surface area contributed by atoms with Gasteiger partial charge in [0, 0.05) is 12.8 Å². The molecule has 16 heavy (non-hydrogen) atoms. The molecule has 0 unspecified atom stereocenters. The number of ether oxygens (including phenoxy) is 1. The Hall–Kier alpha value is -0.940. The first-order valence-electron chi connectivity index (χ1n) is 5.68. The zero-order valence-electron chi connectivity index (χ0n) is 9.56. The van der Waals surface area contributed by atoms with E-state index in [9.17, 15) is 0 Å². The lowest BCUT2D eigenvalue weighted by molar-refractivity contribution is 0.105. The van der Waals surface area contributed by atoms with E-state index in [1.807, 2.05) is 4.52 Å². The van der Waals surface area contributed by atoms with Crippen LogP contribution >= 0.6 is 11.3 Å². The van der Waals surface area contributed by atoms with Crippen molar-refractivity contribution in [3.63, 3.8) is 0 Å². The van der Waals surface area contributed by atoms with E-state index in [0.29, 0.717) is 12.5 Å². The summed E-state index contributed by atoms with van der Waals surface area (Å²) in [6.45, 7) is 5.86. The molecule has 0 saturated heterocycles. The molecule has 2 aromatic heterocycles. The third-order valence-electron chi connectivity index (χ3n) is 2.73. The molecule has 0 atom stereocenters. The summed E-state index contributed by atoms with van der Waals surface area (Å²) < 4.78 is 7.43. The third-order valence-corrected chi connectivity index (χ3v) is 3.66. The smallest absolute Gasteiger partial charge is 0.212 e. The molecule has 0 aliphatic carbocycles. The predicted molar refractivity (Wildman–Crippen MR) is 62.8 cm³/mol. The van der Waals surface area contributed by atoms with E-state index in [-0.39, 0.29) is 0 Å². The molecule has 0 N–H and O–H groups in total. The molecule has 2 aromatic rings. The van der Waals surface area contributed by atoms with Crippen molar-refractivity contribution in [3.8, 4) is 0 Å². The minimum Gasteiger partial charge on any atom is -0.375 e. The Morgan fingerprint density at radius 2 is 2.38 bits per heavy atom. The van der Waals surface area contributed by atoms with Gasteiger partial charge in [0.05, 0.1) is 24.6 Å². The molecule has 0 spiro atoms. The highest BCUT2D eigenvalue weighted by atomic mass is 32.1. The van der Waals surface area contributed by atoms with Crippen molar-refractivity contribution in [1.82, 2.24) is 14.6 Å². The normalized spacial score (nSPS) is 15.9. The highest BCUT2D eigenvalue weighted by Gasteiger charge is 2.19. The largest absolute Gasteiger partial charge is 0.375 e. The van der Waals surface area contributed by atoms with Crippen molar-refractivity contribution in [3.05, 3.63) is 16.4 Å². The van der Waals surface area contributed by atoms with E-state index in [1.54, 1.807) is 11.3 Å². The van der Waals surface area contributed by atoms with Crippen LogP contribution < -0.4 is 0 Å². The van der Waals surface area contributed by atoms with Gasteiger partial charge in [-0.15, -0.1) is 0 Å². The maximum absolute atomic E-state index is 5.46. The number of hydrogen-bond donors (Lipinski definition) is 0. The van der Waals surface area contributed by atoms with E-state index in [2.05, 4.69) is 23.9 Å². The van der Waals surface area contributed by atoms with Crippen LogP contribution in [-0.4, -0.2) is 21.2 Å². The number of rotatable bonds is 2. The monoisotopic (exact) mass is 237 g/mol. The third kappa shape index (κ3) is 1.64. The average Bonchev–Trinajstić information content (AvgIpc) is 2.73. The lowest BCUT2D eigenvalue weighted by atomic mass is 10.1. The summed E-state index contributed by atoms with van der Waals surface area (Å²) in [5, 5.41) is 5.79. The van der Waals surface area contributed by atoms with Gasteiger partial charge in [0.1, 0.15) is 5.01 Å². The molecular formula is C11H15N3OS. The van der Waals surface area contributed by atoms with E-state index in [1.165, 1.54) is 10.7 Å². The standard InChI is InChI=1S/C11H15N3OS/c1-7(2)5-10-13-14-9-6-15-4-3-8(9)12-11(14)16-10/h7H,3-6H2,1-2H3. The minimum absolute atomic E-state index is 0.642. The molecular weight excluding hydrogens is 222 g/mol. The fourth-order valence-electron chi connectivity index (χ4n) is 1.99. The fourth-order valence-corrected chi connectivity index (χ4v) is 3.13. The Morgan fingerprint density at radius 1 is 1.50 bits per heavy atom. The van der Waals surface area contributed by atoms with Gasteiger partial charge in [-0.3, -0.25) is 0 Å². The lowest BCUT2D eigenvalue weighted by Crippen LogP contribution is -2.11. The molecule has 0 saturated carbocycles. The SMILES string of the molecule is CC(C)Cc1nn2c3c(nc2s1)CCOC3. The molecule has 0 amide bonds. The van der Waals surface area contributed by atoms with Crippen molar-refractivity contribution < 1.29 is 4.74 Å². The van der Waals surface area contributed by atoms with Gasteiger partial charge in [-0.2, -0.15) is 5.10 Å². The summed E-state index contributed by atoms with van der Waals surface area (Å²) >= 11 is 1.70. The molecule has 4 nitrogen and oxygen atoms in total. The molecule has 1 aliphatic rings. The molecule has 86 valence electrons. The summed E-state index contributed by atoms with van der Waals surface area (Å²) in [6, 6.07) is 0. The summed E-state index contributed by atoms with van der Waals surface area (Å²) in [7, 11) is 0. The predicted octanol–water partition coefficient (Wildman–Crippen LogP) is 2.06. The van der Waals surface area contributed by atoms with Crippen molar-refractivity contribution in [2.75, 3.05) is 6.61 Å². The molecule has 5 heteroatoms. The second kappa shape index (κ2) is 3.82. The Kier molecular flexibility index (Phi) is 2.44. The van der Waals surface area contributed by atoms with Gasteiger partial charge < -0.3 is 4.74 Å². The van der Waals surface area contributed by atoms with Gasteiger partial charge in [0.15, 0.2) is 0 Å². The molecule has 1 aliphatic heterocycles. The van der Waals surface area contributed by atoms with Gasteiger partial charge in [0.2, 0.25) is 4.96 Å². The van der Waals surface area contributed by atoms with Crippen LogP contribution in [-0.2, 0) is 24.2 Å². The Balaban J connectivity index is 2.03. The molecule has 3 heterocycles. The Labute approximate surface area is 98.3 Å². The highest BCUT2D eigenvalue weighted by Crippen LogP contribution is 2.23. The minimum atomic E-state index is 0.642. The zero-order valence-corrected chi connectivity index (χ0v) is 10.4. The summed E-state index contributed by atoms with van der Waals surface area (Å²) in [5.74, 6) is 0.642. The van der Waals surface area contributed by atoms with Crippen LogP contribution in [0.4, 0.5) is 0 Å². The first-order chi connectivity index (χ1) is 7.74. The molecule has 0 radical (unpaired) electrons. The average molecular weight is 237 g/mol. The summed E-state index contributed by atoms with van der Waals surface area (Å²) in [5.41, 5.74) is 2.31. The number of nitrogens with zero attached hydrogens (tertiary/aromatic N) is 3. The van der Waals surface area contributed by atoms with Crippen LogP contribution in [0.15, 0.2) is 0 Å². The van der Waals surface area contributed by atoms with Crippen molar-refractivity contribution in [2.45, 2.75) is 33.3 Å². The summed E-state index contributed by atoms with van der Waals surface area (Å²) in [6.07, 6.45) is 1.95. The zero-order chi connectivity index (χ0) is 11.1. The van der Waals surface area contributed by atoms with Crippen LogP contribution in [0.3, 0.4) is 0 Å². The molecule has 0 bridgehead atoms. The van der Waals surface area contributed by atoms with E-state index < -0.39 is 0 Å². The van der Waals surface area contributed by atoms with Crippen LogP contribution in [0.5, 0.6) is 0 Å². The maximum Gasteiger partial charge on any atom is 0.212 e. The molecule has 0 aromatic carbocycles. The number of aromatic nitrogens is 3. The van der Waals surface area contributed by atoms with Crippen LogP contribution in [0, 0.1) is 5.92 Å². The number of imidazole rings is 1. The van der Waals surface area contributed by atoms with E-state index >= 15 is 0 Å². The van der Waals surface area contributed by atoms with E-state index in [4.69, 9.17) is 4.74 Å². The van der Waals surface area contributed by atoms with Gasteiger partial charge in [-0.25, -0.2) is 9.50 Å².